The van der Waals surface area contributed by atoms with E-state index in [-0.39, 0.29) is 28.5 Å². The maximum absolute atomic E-state index is 11.8. The third-order valence-electron chi connectivity index (χ3n) is 7.37. The quantitative estimate of drug-likeness (QED) is 0.222. The smallest absolute Gasteiger partial charge is 0.275 e. The van der Waals surface area contributed by atoms with E-state index in [4.69, 9.17) is 0 Å². The molecule has 3 atom stereocenters. The van der Waals surface area contributed by atoms with Gasteiger partial charge < -0.3 is 9.88 Å². The van der Waals surface area contributed by atoms with E-state index >= 15 is 0 Å². The number of aryl methyl sites for hydroxylation is 2. The van der Waals surface area contributed by atoms with Crippen LogP contribution in [-0.2, 0) is 6.54 Å². The van der Waals surface area contributed by atoms with Crippen molar-refractivity contribution in [2.75, 3.05) is 5.32 Å². The van der Waals surface area contributed by atoms with Gasteiger partial charge in [-0.25, -0.2) is 0 Å². The fourth-order valence-corrected chi connectivity index (χ4v) is 5.93. The molecule has 0 fully saturated rings. The van der Waals surface area contributed by atoms with E-state index in [1.54, 1.807) is 6.07 Å². The molecule has 160 valence electrons. The third-order valence-corrected chi connectivity index (χ3v) is 7.37. The minimum atomic E-state index is -0.241. The van der Waals surface area contributed by atoms with Crippen molar-refractivity contribution >= 4 is 33.2 Å². The highest BCUT2D eigenvalue weighted by atomic mass is 16.6. The lowest BCUT2D eigenvalue weighted by Crippen LogP contribution is -2.30. The van der Waals surface area contributed by atoms with Crippen LogP contribution in [-0.4, -0.2) is 9.49 Å². The van der Waals surface area contributed by atoms with Gasteiger partial charge in [-0.1, -0.05) is 42.5 Å². The molecule has 0 saturated heterocycles. The Labute approximate surface area is 186 Å². The zero-order valence-corrected chi connectivity index (χ0v) is 18.2. The molecule has 1 aromatic heterocycles. The predicted molar refractivity (Wildman–Crippen MR) is 129 cm³/mol. The topological polar surface area (TPSA) is 60.1 Å². The second-order valence-electron chi connectivity index (χ2n) is 8.96. The van der Waals surface area contributed by atoms with Crippen molar-refractivity contribution in [2.45, 2.75) is 38.8 Å². The van der Waals surface area contributed by atoms with Gasteiger partial charge in [0.15, 0.2) is 0 Å². The third kappa shape index (κ3) is 2.57. The molecule has 2 aliphatic rings. The first-order valence-electron chi connectivity index (χ1n) is 11.3. The van der Waals surface area contributed by atoms with Crippen LogP contribution in [0.5, 0.6) is 0 Å². The van der Waals surface area contributed by atoms with Crippen molar-refractivity contribution in [3.05, 3.63) is 93.6 Å². The van der Waals surface area contributed by atoms with Crippen molar-refractivity contribution in [2.24, 2.45) is 5.92 Å². The predicted octanol–water partition coefficient (Wildman–Crippen LogP) is 6.86. The molecule has 5 nitrogen and oxygen atoms in total. The fraction of sp³-hybridized carbons (Fsp3) is 0.259. The Morgan fingerprint density at radius 3 is 2.72 bits per heavy atom. The Morgan fingerprint density at radius 1 is 1.09 bits per heavy atom. The number of nitrogens with zero attached hydrogens (tertiary/aromatic N) is 2. The van der Waals surface area contributed by atoms with Gasteiger partial charge in [0, 0.05) is 46.0 Å². The van der Waals surface area contributed by atoms with Gasteiger partial charge in [-0.3, -0.25) is 10.1 Å². The highest BCUT2D eigenvalue weighted by Crippen LogP contribution is 2.53. The molecule has 0 radical (unpaired) electrons. The van der Waals surface area contributed by atoms with Gasteiger partial charge >= 0.3 is 0 Å². The number of hydrogen-bond acceptors (Lipinski definition) is 3. The van der Waals surface area contributed by atoms with Crippen LogP contribution >= 0.6 is 0 Å². The van der Waals surface area contributed by atoms with E-state index in [1.165, 1.54) is 27.4 Å². The van der Waals surface area contributed by atoms with Crippen molar-refractivity contribution < 1.29 is 4.92 Å². The van der Waals surface area contributed by atoms with Gasteiger partial charge in [0.25, 0.3) is 5.69 Å². The van der Waals surface area contributed by atoms with Gasteiger partial charge in [0.05, 0.1) is 16.5 Å². The first-order chi connectivity index (χ1) is 15.6. The normalized spacial score (nSPS) is 21.5. The monoisotopic (exact) mass is 423 g/mol. The minimum Gasteiger partial charge on any atom is -0.377 e. The number of allylic oxidation sites excluding steroid dienone is 2. The largest absolute Gasteiger partial charge is 0.377 e. The summed E-state index contributed by atoms with van der Waals surface area (Å²) in [6, 6.07) is 19.0. The van der Waals surface area contributed by atoms with Gasteiger partial charge in [-0.15, -0.1) is 0 Å². The summed E-state index contributed by atoms with van der Waals surface area (Å²) in [6.07, 6.45) is 5.28. The molecule has 3 aromatic carbocycles. The van der Waals surface area contributed by atoms with Crippen LogP contribution in [0.4, 0.5) is 11.4 Å². The zero-order valence-electron chi connectivity index (χ0n) is 18.2. The number of fused-ring (bicyclic) bond motifs is 6. The summed E-state index contributed by atoms with van der Waals surface area (Å²) in [7, 11) is 0. The molecule has 2 heterocycles. The summed E-state index contributed by atoms with van der Waals surface area (Å²) in [5.41, 5.74) is 6.80. The number of para-hydroxylation sites is 1. The van der Waals surface area contributed by atoms with Gasteiger partial charge in [-0.2, -0.15) is 0 Å². The Bertz CT molecular complexity index is 1430. The minimum absolute atomic E-state index is 0.0595. The molecule has 0 bridgehead atoms. The average Bonchev–Trinajstić information content (AvgIpc) is 3.41. The number of rotatable bonds is 3. The van der Waals surface area contributed by atoms with Crippen LogP contribution in [0.2, 0.25) is 0 Å². The summed E-state index contributed by atoms with van der Waals surface area (Å²) < 4.78 is 2.37. The first-order valence-corrected chi connectivity index (χ1v) is 11.3. The second-order valence-corrected chi connectivity index (χ2v) is 8.96. The Morgan fingerprint density at radius 2 is 1.91 bits per heavy atom. The van der Waals surface area contributed by atoms with E-state index in [2.05, 4.69) is 71.4 Å². The van der Waals surface area contributed by atoms with E-state index in [1.807, 2.05) is 13.0 Å². The summed E-state index contributed by atoms with van der Waals surface area (Å²) in [5.74, 6) is 0.323. The number of anilines is 1. The van der Waals surface area contributed by atoms with Crippen molar-refractivity contribution in [3.8, 4) is 0 Å². The first kappa shape index (κ1) is 19.1. The maximum Gasteiger partial charge on any atom is 0.275 e. The molecular weight excluding hydrogens is 398 g/mol. The molecule has 0 spiro atoms. The Kier molecular flexibility index (Phi) is 4.15. The van der Waals surface area contributed by atoms with Crippen molar-refractivity contribution in [3.63, 3.8) is 0 Å². The van der Waals surface area contributed by atoms with E-state index in [0.717, 1.165) is 29.8 Å². The summed E-state index contributed by atoms with van der Waals surface area (Å²) in [4.78, 5) is 11.5. The Hall–Kier alpha value is -3.60. The molecule has 1 N–H and O–H groups in total. The SMILES string of the molecule is CCn1c2ccccc2c2cc(C3Nc4c(C)ccc([N+](=O)[O-])c4C4C=CCC43)ccc21. The van der Waals surface area contributed by atoms with Crippen LogP contribution in [0.25, 0.3) is 21.8 Å². The molecule has 0 amide bonds. The van der Waals surface area contributed by atoms with Gasteiger partial charge in [0.2, 0.25) is 0 Å². The van der Waals surface area contributed by atoms with E-state index in [0.29, 0.717) is 0 Å². The molecule has 4 aromatic rings. The van der Waals surface area contributed by atoms with E-state index in [9.17, 15) is 10.1 Å². The number of nitro benzene ring substituents is 1. The number of nitro groups is 1. The molecule has 5 heteroatoms. The molecule has 1 aliphatic heterocycles. The average molecular weight is 424 g/mol. The summed E-state index contributed by atoms with van der Waals surface area (Å²) in [5, 5.41) is 18.1. The van der Waals surface area contributed by atoms with Crippen molar-refractivity contribution in [1.82, 2.24) is 4.57 Å². The van der Waals surface area contributed by atoms with Crippen LogP contribution in [0, 0.1) is 23.0 Å². The maximum atomic E-state index is 11.8. The Balaban J connectivity index is 1.53. The number of aromatic nitrogens is 1. The van der Waals surface area contributed by atoms with Crippen LogP contribution in [0.1, 0.15) is 42.0 Å². The molecule has 6 rings (SSSR count). The number of hydrogen-bond donors (Lipinski definition) is 1. The van der Waals surface area contributed by atoms with E-state index < -0.39 is 0 Å². The number of nitrogens with one attached hydrogen (secondary N) is 1. The highest BCUT2D eigenvalue weighted by molar-refractivity contribution is 6.08. The zero-order chi connectivity index (χ0) is 22.0. The lowest BCUT2D eigenvalue weighted by atomic mass is 9.75. The van der Waals surface area contributed by atoms with Crippen LogP contribution in [0.15, 0.2) is 66.7 Å². The second kappa shape index (κ2) is 6.95. The van der Waals surface area contributed by atoms with Crippen LogP contribution < -0.4 is 5.32 Å². The summed E-state index contributed by atoms with van der Waals surface area (Å²) in [6.45, 7) is 5.14. The standard InChI is InChI=1S/C27H25N3O2/c1-3-29-22-10-5-4-7-18(22)21-15-17(12-14-23(21)29)27-20-9-6-8-19(20)25-24(30(31)32)13-11-16(2)26(25)28-27/h4-8,10-15,19-20,27-28H,3,9H2,1-2H3. The summed E-state index contributed by atoms with van der Waals surface area (Å²) >= 11 is 0. The van der Waals surface area contributed by atoms with Crippen LogP contribution in [0.3, 0.4) is 0 Å². The lowest BCUT2D eigenvalue weighted by molar-refractivity contribution is -0.385. The van der Waals surface area contributed by atoms with Crippen molar-refractivity contribution in [1.29, 1.82) is 0 Å². The highest BCUT2D eigenvalue weighted by Gasteiger charge is 2.42. The molecule has 0 saturated carbocycles. The molecular formula is C27H25N3O2. The molecule has 3 unspecified atom stereocenters. The fourth-order valence-electron chi connectivity index (χ4n) is 5.93. The number of benzene rings is 3. The molecule has 1 aliphatic carbocycles. The molecule has 32 heavy (non-hydrogen) atoms. The lowest BCUT2D eigenvalue weighted by Gasteiger charge is -2.38. The van der Waals surface area contributed by atoms with Gasteiger partial charge in [-0.05, 0) is 55.5 Å². The van der Waals surface area contributed by atoms with Gasteiger partial charge in [0.1, 0.15) is 0 Å².